The van der Waals surface area contributed by atoms with Crippen molar-refractivity contribution in [2.24, 2.45) is 0 Å². The summed E-state index contributed by atoms with van der Waals surface area (Å²) in [4.78, 5) is 16.0. The average molecular weight is 406 g/mol. The van der Waals surface area contributed by atoms with Gasteiger partial charge in [0.15, 0.2) is 12.3 Å². The van der Waals surface area contributed by atoms with E-state index in [1.807, 2.05) is 0 Å². The molecule has 0 radical (unpaired) electrons. The van der Waals surface area contributed by atoms with Gasteiger partial charge in [-0.05, 0) is 24.3 Å². The van der Waals surface area contributed by atoms with Crippen molar-refractivity contribution in [2.45, 2.75) is 12.4 Å². The van der Waals surface area contributed by atoms with E-state index >= 15 is 0 Å². The van der Waals surface area contributed by atoms with Crippen molar-refractivity contribution < 1.29 is 35.5 Å². The Morgan fingerprint density at radius 3 is 2.36 bits per heavy atom. The molecule has 11 heteroatoms. The lowest BCUT2D eigenvalue weighted by Gasteiger charge is -2.15. The van der Waals surface area contributed by atoms with Crippen LogP contribution in [0.2, 0.25) is 0 Å². The van der Waals surface area contributed by atoms with Gasteiger partial charge in [-0.2, -0.15) is 26.3 Å². The maximum Gasteiger partial charge on any atom is 0.434 e. The number of fused-ring (bicyclic) bond motifs is 1. The number of benzene rings is 1. The lowest BCUT2D eigenvalue weighted by Crippen LogP contribution is -2.24. The monoisotopic (exact) mass is 406 g/mol. The molecule has 0 aliphatic heterocycles. The van der Waals surface area contributed by atoms with E-state index < -0.39 is 52.9 Å². The van der Waals surface area contributed by atoms with Crippen molar-refractivity contribution in [1.82, 2.24) is 9.38 Å². The molecule has 2 heterocycles. The molecule has 0 saturated heterocycles. The second-order valence-electron chi connectivity index (χ2n) is 5.61. The molecule has 0 aliphatic carbocycles. The van der Waals surface area contributed by atoms with Crippen LogP contribution in [0.25, 0.3) is 16.8 Å². The maximum atomic E-state index is 14.4. The summed E-state index contributed by atoms with van der Waals surface area (Å²) < 4.78 is 96.3. The van der Waals surface area contributed by atoms with Gasteiger partial charge in [-0.3, -0.25) is 9.20 Å². The topological polar surface area (TPSA) is 43.6 Å². The van der Waals surface area contributed by atoms with Crippen LogP contribution in [-0.4, -0.2) is 22.2 Å². The quantitative estimate of drug-likeness (QED) is 0.604. The highest BCUT2D eigenvalue weighted by molar-refractivity contribution is 5.68. The zero-order valence-corrected chi connectivity index (χ0v) is 13.6. The molecule has 0 N–H and O–H groups in total. The molecule has 28 heavy (non-hydrogen) atoms. The van der Waals surface area contributed by atoms with Gasteiger partial charge in [-0.25, -0.2) is 9.37 Å². The molecular formula is C17H9F7N2O2. The summed E-state index contributed by atoms with van der Waals surface area (Å²) in [5.41, 5.74) is -4.90. The third-order valence-electron chi connectivity index (χ3n) is 3.62. The SMILES string of the molecule is O=c1c(-c2ccc(OCC(F)(F)F)cc2F)c(C(F)(F)F)nc2ccccn12. The largest absolute Gasteiger partial charge is 0.484 e. The first-order valence-corrected chi connectivity index (χ1v) is 7.55. The van der Waals surface area contributed by atoms with Crippen molar-refractivity contribution in [2.75, 3.05) is 6.61 Å². The van der Waals surface area contributed by atoms with E-state index in [-0.39, 0.29) is 5.65 Å². The Morgan fingerprint density at radius 2 is 1.75 bits per heavy atom. The van der Waals surface area contributed by atoms with Crippen LogP contribution in [0.3, 0.4) is 0 Å². The Hall–Kier alpha value is -3.11. The molecule has 0 aliphatic rings. The second-order valence-corrected chi connectivity index (χ2v) is 5.61. The Kier molecular flexibility index (Phi) is 4.77. The minimum Gasteiger partial charge on any atom is -0.484 e. The van der Waals surface area contributed by atoms with E-state index in [4.69, 9.17) is 0 Å². The zero-order chi connectivity index (χ0) is 20.7. The Bertz CT molecular complexity index is 1090. The van der Waals surface area contributed by atoms with Gasteiger partial charge >= 0.3 is 12.4 Å². The Balaban J connectivity index is 2.18. The van der Waals surface area contributed by atoms with Gasteiger partial charge in [0.1, 0.15) is 17.2 Å². The lowest BCUT2D eigenvalue weighted by atomic mass is 10.0. The van der Waals surface area contributed by atoms with Crippen LogP contribution in [0, 0.1) is 5.82 Å². The number of rotatable bonds is 3. The average Bonchev–Trinajstić information content (AvgIpc) is 2.59. The van der Waals surface area contributed by atoms with Crippen LogP contribution < -0.4 is 10.3 Å². The van der Waals surface area contributed by atoms with Gasteiger partial charge in [0.2, 0.25) is 0 Å². The third kappa shape index (κ3) is 3.92. The molecule has 0 saturated carbocycles. The molecule has 0 bridgehead atoms. The van der Waals surface area contributed by atoms with Crippen LogP contribution >= 0.6 is 0 Å². The number of ether oxygens (including phenoxy) is 1. The smallest absolute Gasteiger partial charge is 0.434 e. The fourth-order valence-corrected chi connectivity index (χ4v) is 2.49. The Morgan fingerprint density at radius 1 is 1.04 bits per heavy atom. The van der Waals surface area contributed by atoms with E-state index in [0.29, 0.717) is 6.07 Å². The van der Waals surface area contributed by atoms with Crippen molar-refractivity contribution in [1.29, 1.82) is 0 Å². The molecule has 1 aromatic carbocycles. The predicted octanol–water partition coefficient (Wildman–Crippen LogP) is 4.46. The highest BCUT2D eigenvalue weighted by Gasteiger charge is 2.38. The van der Waals surface area contributed by atoms with Gasteiger partial charge in [0.25, 0.3) is 5.56 Å². The summed E-state index contributed by atoms with van der Waals surface area (Å²) in [6.45, 7) is -1.71. The molecule has 0 atom stereocenters. The number of nitrogens with zero attached hydrogens (tertiary/aromatic N) is 2. The predicted molar refractivity (Wildman–Crippen MR) is 83.4 cm³/mol. The normalized spacial score (nSPS) is 12.4. The van der Waals surface area contributed by atoms with Crippen molar-refractivity contribution >= 4 is 5.65 Å². The molecule has 148 valence electrons. The van der Waals surface area contributed by atoms with Crippen LogP contribution in [0.4, 0.5) is 30.7 Å². The standard InChI is InChI=1S/C17H9F7N2O2/c18-11-7-9(28-8-16(19,20)21)4-5-10(11)13-14(17(22,23)24)25-12-3-1-2-6-26(12)15(13)27/h1-7H,8H2. The summed E-state index contributed by atoms with van der Waals surface area (Å²) in [7, 11) is 0. The van der Waals surface area contributed by atoms with Crippen molar-refractivity contribution in [3.8, 4) is 16.9 Å². The molecule has 4 nitrogen and oxygen atoms in total. The fourth-order valence-electron chi connectivity index (χ4n) is 2.49. The molecule has 3 rings (SSSR count). The van der Waals surface area contributed by atoms with Gasteiger partial charge in [-0.1, -0.05) is 6.07 Å². The van der Waals surface area contributed by atoms with Crippen LogP contribution in [0.5, 0.6) is 5.75 Å². The van der Waals surface area contributed by atoms with Gasteiger partial charge in [-0.15, -0.1) is 0 Å². The fraction of sp³-hybridized carbons (Fsp3) is 0.176. The number of hydrogen-bond donors (Lipinski definition) is 0. The van der Waals surface area contributed by atoms with Crippen LogP contribution in [0.1, 0.15) is 5.69 Å². The number of hydrogen-bond acceptors (Lipinski definition) is 3. The summed E-state index contributed by atoms with van der Waals surface area (Å²) in [6.07, 6.45) is -8.59. The van der Waals surface area contributed by atoms with Gasteiger partial charge in [0.05, 0.1) is 5.56 Å². The third-order valence-corrected chi connectivity index (χ3v) is 3.62. The van der Waals surface area contributed by atoms with Gasteiger partial charge < -0.3 is 4.74 Å². The van der Waals surface area contributed by atoms with Crippen molar-refractivity contribution in [3.63, 3.8) is 0 Å². The molecule has 3 aromatic rings. The molecule has 0 spiro atoms. The summed E-state index contributed by atoms with van der Waals surface area (Å²) >= 11 is 0. The minimum atomic E-state index is -5.07. The number of pyridine rings is 1. The second kappa shape index (κ2) is 6.80. The van der Waals surface area contributed by atoms with Gasteiger partial charge in [0, 0.05) is 17.8 Å². The molecule has 0 amide bonds. The molecule has 2 aromatic heterocycles. The molecule has 0 fully saturated rings. The minimum absolute atomic E-state index is 0.297. The van der Waals surface area contributed by atoms with E-state index in [1.165, 1.54) is 18.2 Å². The number of halogens is 7. The highest BCUT2D eigenvalue weighted by Crippen LogP contribution is 2.36. The maximum absolute atomic E-state index is 14.4. The zero-order valence-electron chi connectivity index (χ0n) is 13.6. The Labute approximate surface area is 151 Å². The summed E-state index contributed by atoms with van der Waals surface area (Å²) in [5.74, 6) is -1.92. The number of aromatic nitrogens is 2. The van der Waals surface area contributed by atoms with Crippen LogP contribution in [0.15, 0.2) is 47.4 Å². The van der Waals surface area contributed by atoms with Crippen LogP contribution in [-0.2, 0) is 6.18 Å². The molecule has 0 unspecified atom stereocenters. The first kappa shape index (κ1) is 19.6. The van der Waals surface area contributed by atoms with E-state index in [0.717, 1.165) is 22.7 Å². The van der Waals surface area contributed by atoms with E-state index in [9.17, 15) is 35.5 Å². The van der Waals surface area contributed by atoms with E-state index in [2.05, 4.69) is 9.72 Å². The summed E-state index contributed by atoms with van der Waals surface area (Å²) in [6, 6.07) is 5.96. The molecular weight excluding hydrogens is 397 g/mol. The first-order valence-electron chi connectivity index (χ1n) is 7.55. The van der Waals surface area contributed by atoms with Crippen molar-refractivity contribution in [3.05, 3.63) is 64.5 Å². The first-order chi connectivity index (χ1) is 13.0. The number of alkyl halides is 6. The highest BCUT2D eigenvalue weighted by atomic mass is 19.4. The van der Waals surface area contributed by atoms with E-state index in [1.54, 1.807) is 0 Å². The lowest BCUT2D eigenvalue weighted by molar-refractivity contribution is -0.153. The summed E-state index contributed by atoms with van der Waals surface area (Å²) in [5, 5.41) is 0.